The molecule has 0 radical (unpaired) electrons. The Morgan fingerprint density at radius 1 is 1.31 bits per heavy atom. The molecule has 0 amide bonds. The van der Waals surface area contributed by atoms with E-state index in [1.54, 1.807) is 0 Å². The second kappa shape index (κ2) is 6.99. The number of nitro benzene ring substituents is 1. The largest absolute Gasteiger partial charge is 0.416 e. The van der Waals surface area contributed by atoms with Gasteiger partial charge < -0.3 is 9.47 Å². The summed E-state index contributed by atoms with van der Waals surface area (Å²) in [7, 11) is 0. The minimum Gasteiger partial charge on any atom is -0.347 e. The van der Waals surface area contributed by atoms with Crippen molar-refractivity contribution >= 4 is 27.1 Å². The highest BCUT2D eigenvalue weighted by atomic mass is 32.1. The van der Waals surface area contributed by atoms with Crippen LogP contribution in [0.4, 0.5) is 18.9 Å². The maximum atomic E-state index is 13.1. The van der Waals surface area contributed by atoms with Crippen molar-refractivity contribution in [1.82, 2.24) is 4.98 Å². The van der Waals surface area contributed by atoms with Gasteiger partial charge in [0.25, 0.3) is 11.2 Å². The van der Waals surface area contributed by atoms with Crippen molar-refractivity contribution in [3.05, 3.63) is 43.2 Å². The van der Waals surface area contributed by atoms with E-state index in [4.69, 9.17) is 9.47 Å². The van der Waals surface area contributed by atoms with Crippen LogP contribution in [-0.2, 0) is 15.7 Å². The zero-order valence-corrected chi connectivity index (χ0v) is 16.1. The van der Waals surface area contributed by atoms with Gasteiger partial charge in [-0.15, -0.1) is 11.3 Å². The summed E-state index contributed by atoms with van der Waals surface area (Å²) < 4.78 is 50.8. The smallest absolute Gasteiger partial charge is 0.347 e. The number of rotatable bonds is 2. The summed E-state index contributed by atoms with van der Waals surface area (Å²) in [6, 6.07) is 1.11. The fraction of sp³-hybridized carbons (Fsp3) is 0.556. The van der Waals surface area contributed by atoms with E-state index in [0.717, 1.165) is 11.3 Å². The zero-order valence-electron chi connectivity index (χ0n) is 15.3. The summed E-state index contributed by atoms with van der Waals surface area (Å²) in [6.45, 7) is 2.44. The van der Waals surface area contributed by atoms with E-state index in [1.165, 1.54) is 0 Å². The van der Waals surface area contributed by atoms with Gasteiger partial charge in [0, 0.05) is 24.8 Å². The summed E-state index contributed by atoms with van der Waals surface area (Å²) in [4.78, 5) is 26.9. The van der Waals surface area contributed by atoms with Crippen LogP contribution >= 0.6 is 11.3 Å². The normalized spacial score (nSPS) is 27.6. The molecule has 1 aromatic carbocycles. The molecule has 1 atom stereocenters. The number of aromatic nitrogens is 1. The van der Waals surface area contributed by atoms with Crippen LogP contribution in [-0.4, -0.2) is 28.4 Å². The molecule has 11 heteroatoms. The Kier molecular flexibility index (Phi) is 4.87. The fourth-order valence-corrected chi connectivity index (χ4v) is 5.15. The SMILES string of the molecule is C[C@H]1COC2(CCC(c3nc(=O)c4cc(C(F)(F)F)cc([N+](=O)[O-])c4s3)CC2)O1. The Morgan fingerprint density at radius 3 is 2.55 bits per heavy atom. The molecular formula is C18H17F3N2O5S. The molecular weight excluding hydrogens is 413 g/mol. The number of alkyl halides is 3. The van der Waals surface area contributed by atoms with Gasteiger partial charge in [-0.25, -0.2) is 4.98 Å². The van der Waals surface area contributed by atoms with E-state index < -0.39 is 33.7 Å². The number of non-ortho nitro benzene ring substituents is 1. The van der Waals surface area contributed by atoms with Crippen LogP contribution in [0.3, 0.4) is 0 Å². The lowest BCUT2D eigenvalue weighted by Gasteiger charge is -2.35. The molecule has 156 valence electrons. The first-order valence-corrected chi connectivity index (χ1v) is 9.92. The zero-order chi connectivity index (χ0) is 21.0. The van der Waals surface area contributed by atoms with Crippen LogP contribution in [0.25, 0.3) is 10.1 Å². The number of hydrogen-bond donors (Lipinski definition) is 0. The van der Waals surface area contributed by atoms with Gasteiger partial charge in [0.1, 0.15) is 9.71 Å². The number of nitro groups is 1. The lowest BCUT2D eigenvalue weighted by atomic mass is 9.85. The minimum atomic E-state index is -4.80. The molecule has 0 N–H and O–H groups in total. The highest BCUT2D eigenvalue weighted by Gasteiger charge is 2.43. The summed E-state index contributed by atoms with van der Waals surface area (Å²) in [5, 5.41) is 11.4. The number of benzene rings is 1. The average molecular weight is 430 g/mol. The molecule has 29 heavy (non-hydrogen) atoms. The van der Waals surface area contributed by atoms with Gasteiger partial charge in [-0.2, -0.15) is 13.2 Å². The Morgan fingerprint density at radius 2 is 2.00 bits per heavy atom. The first kappa shape index (κ1) is 20.2. The van der Waals surface area contributed by atoms with Crippen molar-refractivity contribution in [3.63, 3.8) is 0 Å². The summed E-state index contributed by atoms with van der Waals surface area (Å²) in [6.07, 6.45) is -2.39. The predicted octanol–water partition coefficient (Wildman–Crippen LogP) is 4.37. The molecule has 2 heterocycles. The molecule has 1 saturated heterocycles. The third kappa shape index (κ3) is 3.74. The van der Waals surface area contributed by atoms with Gasteiger partial charge in [-0.1, -0.05) is 0 Å². The Bertz CT molecular complexity index is 1030. The van der Waals surface area contributed by atoms with Crippen LogP contribution in [0, 0.1) is 10.1 Å². The van der Waals surface area contributed by atoms with Crippen molar-refractivity contribution in [3.8, 4) is 0 Å². The van der Waals surface area contributed by atoms with E-state index in [0.29, 0.717) is 49.4 Å². The van der Waals surface area contributed by atoms with E-state index >= 15 is 0 Å². The van der Waals surface area contributed by atoms with E-state index in [1.807, 2.05) is 6.92 Å². The maximum Gasteiger partial charge on any atom is 0.416 e. The van der Waals surface area contributed by atoms with Crippen LogP contribution in [0.2, 0.25) is 0 Å². The van der Waals surface area contributed by atoms with Gasteiger partial charge in [0.2, 0.25) is 0 Å². The first-order valence-electron chi connectivity index (χ1n) is 9.10. The summed E-state index contributed by atoms with van der Waals surface area (Å²) in [5.41, 5.74) is -2.85. The van der Waals surface area contributed by atoms with Crippen molar-refractivity contribution in [2.24, 2.45) is 0 Å². The molecule has 2 aromatic rings. The monoisotopic (exact) mass is 430 g/mol. The van der Waals surface area contributed by atoms with Gasteiger partial charge in [0.15, 0.2) is 5.79 Å². The Balaban J connectivity index is 1.71. The maximum absolute atomic E-state index is 13.1. The Labute approximate surface area is 166 Å². The quantitative estimate of drug-likeness (QED) is 0.519. The number of ether oxygens (including phenoxy) is 2. The highest BCUT2D eigenvalue weighted by Crippen LogP contribution is 2.45. The lowest BCUT2D eigenvalue weighted by molar-refractivity contribution is -0.383. The molecule has 1 saturated carbocycles. The predicted molar refractivity (Wildman–Crippen MR) is 98.0 cm³/mol. The van der Waals surface area contributed by atoms with Crippen molar-refractivity contribution in [1.29, 1.82) is 0 Å². The molecule has 2 fully saturated rings. The van der Waals surface area contributed by atoms with Crippen LogP contribution in [0.15, 0.2) is 16.9 Å². The third-order valence-electron chi connectivity index (χ3n) is 5.34. The molecule has 0 bridgehead atoms. The topological polar surface area (TPSA) is 91.6 Å². The molecule has 2 aliphatic rings. The lowest BCUT2D eigenvalue weighted by Crippen LogP contribution is -2.35. The first-order chi connectivity index (χ1) is 13.6. The minimum absolute atomic E-state index is 0.00637. The second-order valence-corrected chi connectivity index (χ2v) is 8.44. The third-order valence-corrected chi connectivity index (χ3v) is 6.60. The van der Waals surface area contributed by atoms with Crippen LogP contribution in [0.5, 0.6) is 0 Å². The molecule has 1 aliphatic heterocycles. The molecule has 4 rings (SSSR count). The van der Waals surface area contributed by atoms with Gasteiger partial charge in [-0.05, 0) is 25.8 Å². The highest BCUT2D eigenvalue weighted by molar-refractivity contribution is 7.18. The van der Waals surface area contributed by atoms with E-state index in [9.17, 15) is 28.1 Å². The summed E-state index contributed by atoms with van der Waals surface area (Å²) in [5.74, 6) is -0.765. The molecule has 1 spiro atoms. The summed E-state index contributed by atoms with van der Waals surface area (Å²) >= 11 is 0.912. The van der Waals surface area contributed by atoms with Crippen molar-refractivity contribution in [2.75, 3.05) is 6.61 Å². The number of nitrogens with zero attached hydrogens (tertiary/aromatic N) is 2. The molecule has 1 aromatic heterocycles. The van der Waals surface area contributed by atoms with E-state index in [-0.39, 0.29) is 22.1 Å². The van der Waals surface area contributed by atoms with Crippen LogP contribution < -0.4 is 5.56 Å². The number of hydrogen-bond acceptors (Lipinski definition) is 7. The van der Waals surface area contributed by atoms with Gasteiger partial charge >= 0.3 is 6.18 Å². The Hall–Kier alpha value is -2.11. The number of fused-ring (bicyclic) bond motifs is 1. The molecule has 0 unspecified atom stereocenters. The van der Waals surface area contributed by atoms with E-state index in [2.05, 4.69) is 4.98 Å². The number of halogens is 3. The average Bonchev–Trinajstić information content (AvgIpc) is 3.00. The van der Waals surface area contributed by atoms with Crippen molar-refractivity contribution < 1.29 is 27.6 Å². The van der Waals surface area contributed by atoms with Crippen molar-refractivity contribution in [2.45, 2.75) is 56.6 Å². The standard InChI is InChI=1S/C18H17F3N2O5S/c1-9-8-27-17(28-9)4-2-10(3-5-17)16-22-15(24)12-6-11(18(19,20)21)7-13(23(25)26)14(12)29-16/h6-7,9-10H,2-5,8H2,1H3/t9-,10?,17?/m0/s1. The van der Waals surface area contributed by atoms with Gasteiger partial charge in [0.05, 0.1) is 28.6 Å². The molecule has 7 nitrogen and oxygen atoms in total. The van der Waals surface area contributed by atoms with Gasteiger partial charge in [-0.3, -0.25) is 14.9 Å². The van der Waals surface area contributed by atoms with Crippen LogP contribution in [0.1, 0.15) is 49.1 Å². The molecule has 1 aliphatic carbocycles. The second-order valence-electron chi connectivity index (χ2n) is 7.41. The fourth-order valence-electron chi connectivity index (χ4n) is 3.91.